The van der Waals surface area contributed by atoms with Crippen molar-refractivity contribution >= 4 is 28.4 Å². The van der Waals surface area contributed by atoms with Crippen LogP contribution in [0.1, 0.15) is 10.4 Å². The normalized spacial score (nSPS) is 10.7. The van der Waals surface area contributed by atoms with Gasteiger partial charge in [0, 0.05) is 16.0 Å². The minimum atomic E-state index is -0.360. The molecule has 30 heavy (non-hydrogen) atoms. The van der Waals surface area contributed by atoms with E-state index in [2.05, 4.69) is 10.5 Å². The predicted octanol–water partition coefficient (Wildman–Crippen LogP) is 5.30. The number of carbonyl (C=O) groups is 1. The van der Waals surface area contributed by atoms with E-state index in [4.69, 9.17) is 21.2 Å². The number of aromatic nitrogens is 1. The predicted molar refractivity (Wildman–Crippen MR) is 118 cm³/mol. The van der Waals surface area contributed by atoms with Gasteiger partial charge in [-0.2, -0.15) is 0 Å². The van der Waals surface area contributed by atoms with Crippen molar-refractivity contribution in [3.63, 3.8) is 0 Å². The molecule has 4 rings (SSSR count). The molecule has 0 spiro atoms. The molecule has 1 amide bonds. The molecular weight excluding hydrogens is 400 g/mol. The van der Waals surface area contributed by atoms with Crippen LogP contribution in [0.25, 0.3) is 22.2 Å². The minimum absolute atomic E-state index is 0.209. The molecule has 0 bridgehead atoms. The monoisotopic (exact) mass is 418 g/mol. The summed E-state index contributed by atoms with van der Waals surface area (Å²) in [5, 5.41) is 1.30. The molecule has 0 aliphatic carbocycles. The molecule has 0 fully saturated rings. The largest absolute Gasteiger partial charge is 0.491 e. The first kappa shape index (κ1) is 19.9. The summed E-state index contributed by atoms with van der Waals surface area (Å²) in [7, 11) is 0. The topological polar surface area (TPSA) is 60.5 Å². The van der Waals surface area contributed by atoms with Crippen molar-refractivity contribution in [2.24, 2.45) is 0 Å². The van der Waals surface area contributed by atoms with Crippen molar-refractivity contribution < 1.29 is 14.4 Å². The third kappa shape index (κ3) is 4.59. The summed E-state index contributed by atoms with van der Waals surface area (Å²) in [6.45, 7) is 0.521. The van der Waals surface area contributed by atoms with Gasteiger partial charge in [0.25, 0.3) is 5.91 Å². The summed E-state index contributed by atoms with van der Waals surface area (Å²) in [4.78, 5) is 22.8. The summed E-state index contributed by atoms with van der Waals surface area (Å²) in [6, 6.07) is 26.0. The number of nitrogens with zero attached hydrogens (tertiary/aromatic N) is 1. The first-order valence-electron chi connectivity index (χ1n) is 9.47. The second-order valence-electron chi connectivity index (χ2n) is 6.49. The van der Waals surface area contributed by atoms with Crippen LogP contribution in [0.5, 0.6) is 5.75 Å². The standard InChI is InChI=1S/C24H19ClN2O3/c25-21-12-6-4-11-19(21)23-16-20(18-10-5-7-13-22(18)26-23)24(28)27-30-15-14-29-17-8-2-1-3-9-17/h1-13,16H,14-15H2,(H,27,28). The summed E-state index contributed by atoms with van der Waals surface area (Å²) in [6.07, 6.45) is 0. The molecule has 1 heterocycles. The minimum Gasteiger partial charge on any atom is -0.491 e. The van der Waals surface area contributed by atoms with Gasteiger partial charge in [-0.25, -0.2) is 10.5 Å². The average molecular weight is 419 g/mol. The van der Waals surface area contributed by atoms with Crippen LogP contribution in [0.3, 0.4) is 0 Å². The maximum atomic E-state index is 12.8. The van der Waals surface area contributed by atoms with Gasteiger partial charge < -0.3 is 4.74 Å². The van der Waals surface area contributed by atoms with Crippen LogP contribution < -0.4 is 10.2 Å². The zero-order chi connectivity index (χ0) is 20.8. The summed E-state index contributed by atoms with van der Waals surface area (Å²) in [5.41, 5.74) is 5.03. The fraction of sp³-hybridized carbons (Fsp3) is 0.0833. The Morgan fingerprint density at radius 1 is 0.900 bits per heavy atom. The van der Waals surface area contributed by atoms with Crippen LogP contribution in [0.15, 0.2) is 84.9 Å². The number of rotatable bonds is 7. The Labute approximate surface area is 179 Å². The molecule has 1 aromatic heterocycles. The second kappa shape index (κ2) is 9.39. The van der Waals surface area contributed by atoms with Gasteiger partial charge >= 0.3 is 0 Å². The smallest absolute Gasteiger partial charge is 0.275 e. The molecule has 0 atom stereocenters. The Kier molecular flexibility index (Phi) is 6.23. The fourth-order valence-electron chi connectivity index (χ4n) is 3.06. The highest BCUT2D eigenvalue weighted by atomic mass is 35.5. The second-order valence-corrected chi connectivity index (χ2v) is 6.90. The molecule has 0 unspecified atom stereocenters. The Morgan fingerprint density at radius 2 is 1.63 bits per heavy atom. The maximum absolute atomic E-state index is 12.8. The SMILES string of the molecule is O=C(NOCCOc1ccccc1)c1cc(-c2ccccc2Cl)nc2ccccc12. The molecule has 5 nitrogen and oxygen atoms in total. The number of halogens is 1. The lowest BCUT2D eigenvalue weighted by atomic mass is 10.0. The fourth-order valence-corrected chi connectivity index (χ4v) is 3.29. The van der Waals surface area contributed by atoms with Crippen molar-refractivity contribution in [3.8, 4) is 17.0 Å². The summed E-state index contributed by atoms with van der Waals surface area (Å²) >= 11 is 6.33. The third-order valence-electron chi connectivity index (χ3n) is 4.47. The number of nitrogens with one attached hydrogen (secondary N) is 1. The molecule has 0 saturated carbocycles. The highest BCUT2D eigenvalue weighted by molar-refractivity contribution is 6.33. The third-order valence-corrected chi connectivity index (χ3v) is 4.80. The van der Waals surface area contributed by atoms with Gasteiger partial charge in [-0.15, -0.1) is 0 Å². The van der Waals surface area contributed by atoms with Crippen LogP contribution in [0, 0.1) is 0 Å². The van der Waals surface area contributed by atoms with E-state index >= 15 is 0 Å². The van der Waals surface area contributed by atoms with Crippen LogP contribution in [0.4, 0.5) is 0 Å². The molecule has 0 radical (unpaired) electrons. The van der Waals surface area contributed by atoms with Gasteiger partial charge in [0.15, 0.2) is 0 Å². The molecule has 0 aliphatic heterocycles. The van der Waals surface area contributed by atoms with Gasteiger partial charge in [0.05, 0.1) is 16.8 Å². The van der Waals surface area contributed by atoms with Crippen molar-refractivity contribution in [2.45, 2.75) is 0 Å². The van der Waals surface area contributed by atoms with E-state index in [0.29, 0.717) is 28.4 Å². The molecule has 0 aliphatic rings. The van der Waals surface area contributed by atoms with Crippen molar-refractivity contribution in [1.29, 1.82) is 0 Å². The van der Waals surface area contributed by atoms with E-state index in [1.807, 2.05) is 72.8 Å². The van der Waals surface area contributed by atoms with E-state index in [1.165, 1.54) is 0 Å². The average Bonchev–Trinajstić information content (AvgIpc) is 2.79. The van der Waals surface area contributed by atoms with Crippen LogP contribution in [-0.4, -0.2) is 24.1 Å². The maximum Gasteiger partial charge on any atom is 0.275 e. The number of ether oxygens (including phenoxy) is 1. The van der Waals surface area contributed by atoms with E-state index in [-0.39, 0.29) is 12.5 Å². The number of hydroxylamine groups is 1. The number of pyridine rings is 1. The van der Waals surface area contributed by atoms with Crippen LogP contribution >= 0.6 is 11.6 Å². The van der Waals surface area contributed by atoms with E-state index in [1.54, 1.807) is 12.1 Å². The Morgan fingerprint density at radius 3 is 2.47 bits per heavy atom. The number of para-hydroxylation sites is 2. The van der Waals surface area contributed by atoms with Gasteiger partial charge in [0.2, 0.25) is 0 Å². The first-order valence-corrected chi connectivity index (χ1v) is 9.85. The van der Waals surface area contributed by atoms with Crippen molar-refractivity contribution in [3.05, 3.63) is 95.5 Å². The van der Waals surface area contributed by atoms with E-state index < -0.39 is 0 Å². The number of amides is 1. The summed E-state index contributed by atoms with van der Waals surface area (Å²) < 4.78 is 5.55. The Bertz CT molecular complexity index is 1170. The quantitative estimate of drug-likeness (QED) is 0.327. The highest BCUT2D eigenvalue weighted by Gasteiger charge is 2.15. The van der Waals surface area contributed by atoms with Gasteiger partial charge in [-0.3, -0.25) is 9.63 Å². The number of carbonyl (C=O) groups excluding carboxylic acids is 1. The van der Waals surface area contributed by atoms with Gasteiger partial charge in [0.1, 0.15) is 19.0 Å². The van der Waals surface area contributed by atoms with Crippen LogP contribution in [0.2, 0.25) is 5.02 Å². The molecule has 1 N–H and O–H groups in total. The number of hydrogen-bond donors (Lipinski definition) is 1. The zero-order valence-corrected chi connectivity index (χ0v) is 16.8. The first-order chi connectivity index (χ1) is 14.7. The lowest BCUT2D eigenvalue weighted by Crippen LogP contribution is -2.26. The lowest BCUT2D eigenvalue weighted by molar-refractivity contribution is 0.0201. The number of hydrogen-bond acceptors (Lipinski definition) is 4. The van der Waals surface area contributed by atoms with Crippen molar-refractivity contribution in [2.75, 3.05) is 13.2 Å². The molecule has 6 heteroatoms. The molecule has 4 aromatic rings. The molecule has 3 aromatic carbocycles. The molecule has 150 valence electrons. The van der Waals surface area contributed by atoms with E-state index in [9.17, 15) is 4.79 Å². The van der Waals surface area contributed by atoms with Crippen molar-refractivity contribution in [1.82, 2.24) is 10.5 Å². The number of benzene rings is 3. The number of fused-ring (bicyclic) bond motifs is 1. The summed E-state index contributed by atoms with van der Waals surface area (Å²) in [5.74, 6) is 0.388. The van der Waals surface area contributed by atoms with Crippen LogP contribution in [-0.2, 0) is 4.84 Å². The molecular formula is C24H19ClN2O3. The lowest BCUT2D eigenvalue weighted by Gasteiger charge is -2.12. The Hall–Kier alpha value is -3.41. The van der Waals surface area contributed by atoms with E-state index in [0.717, 1.165) is 16.7 Å². The Balaban J connectivity index is 1.49. The zero-order valence-electron chi connectivity index (χ0n) is 16.0. The van der Waals surface area contributed by atoms with Gasteiger partial charge in [-0.1, -0.05) is 66.2 Å². The highest BCUT2D eigenvalue weighted by Crippen LogP contribution is 2.29. The van der Waals surface area contributed by atoms with Gasteiger partial charge in [-0.05, 0) is 30.3 Å². The molecule has 0 saturated heterocycles.